The molecule has 3 unspecified atom stereocenters. The van der Waals surface area contributed by atoms with Crippen molar-refractivity contribution in [3.8, 4) is 0 Å². The van der Waals surface area contributed by atoms with Gasteiger partial charge in [-0.05, 0) is 42.9 Å². The van der Waals surface area contributed by atoms with E-state index >= 15 is 0 Å². The van der Waals surface area contributed by atoms with Crippen molar-refractivity contribution in [2.75, 3.05) is 5.73 Å². The lowest BCUT2D eigenvalue weighted by molar-refractivity contribution is -0.136. The minimum Gasteiger partial charge on any atom is -0.398 e. The van der Waals surface area contributed by atoms with Crippen LogP contribution in [-0.4, -0.2) is 11.9 Å². The van der Waals surface area contributed by atoms with Crippen LogP contribution in [-0.2, 0) is 6.18 Å². The van der Waals surface area contributed by atoms with E-state index in [-0.39, 0.29) is 17.3 Å². The number of carbonyl (C=O) groups is 1. The second-order valence-corrected chi connectivity index (χ2v) is 5.79. The molecule has 6 heteroatoms. The largest absolute Gasteiger partial charge is 0.418 e. The van der Waals surface area contributed by atoms with E-state index in [9.17, 15) is 18.0 Å². The molecule has 2 rings (SSSR count). The van der Waals surface area contributed by atoms with E-state index in [4.69, 9.17) is 5.73 Å². The summed E-state index contributed by atoms with van der Waals surface area (Å²) in [4.78, 5) is 12.1. The van der Waals surface area contributed by atoms with E-state index in [0.717, 1.165) is 25.0 Å². The summed E-state index contributed by atoms with van der Waals surface area (Å²) in [6.45, 7) is 4.16. The molecule has 0 heterocycles. The first-order valence-electron chi connectivity index (χ1n) is 6.97. The number of benzene rings is 1. The molecule has 1 saturated carbocycles. The highest BCUT2D eigenvalue weighted by Crippen LogP contribution is 2.34. The molecule has 116 valence electrons. The molecule has 0 aromatic heterocycles. The van der Waals surface area contributed by atoms with Crippen LogP contribution in [0.3, 0.4) is 0 Å². The SMILES string of the molecule is CC1CCC(NC(=O)c2ccc(N)c(C(F)(F)F)c2)C1C. The van der Waals surface area contributed by atoms with Crippen LogP contribution >= 0.6 is 0 Å². The highest BCUT2D eigenvalue weighted by Gasteiger charge is 2.34. The third-order valence-corrected chi connectivity index (χ3v) is 4.40. The number of nitrogen functional groups attached to an aromatic ring is 1. The van der Waals surface area contributed by atoms with Crippen molar-refractivity contribution < 1.29 is 18.0 Å². The molecule has 0 aliphatic heterocycles. The smallest absolute Gasteiger partial charge is 0.398 e. The van der Waals surface area contributed by atoms with Gasteiger partial charge < -0.3 is 11.1 Å². The number of alkyl halides is 3. The van der Waals surface area contributed by atoms with Crippen LogP contribution in [0, 0.1) is 11.8 Å². The Morgan fingerprint density at radius 2 is 1.95 bits per heavy atom. The summed E-state index contributed by atoms with van der Waals surface area (Å²) in [6, 6.07) is 3.27. The lowest BCUT2D eigenvalue weighted by atomic mass is 9.97. The van der Waals surface area contributed by atoms with Crippen LogP contribution in [0.15, 0.2) is 18.2 Å². The molecule has 3 N–H and O–H groups in total. The number of halogens is 3. The number of hydrogen-bond acceptors (Lipinski definition) is 2. The van der Waals surface area contributed by atoms with Crippen molar-refractivity contribution in [2.24, 2.45) is 11.8 Å². The van der Waals surface area contributed by atoms with Gasteiger partial charge in [0.1, 0.15) is 0 Å². The van der Waals surface area contributed by atoms with Gasteiger partial charge in [0.05, 0.1) is 5.56 Å². The zero-order chi connectivity index (χ0) is 15.8. The third-order valence-electron chi connectivity index (χ3n) is 4.40. The van der Waals surface area contributed by atoms with Gasteiger partial charge in [0.2, 0.25) is 0 Å². The van der Waals surface area contributed by atoms with Crippen LogP contribution in [0.25, 0.3) is 0 Å². The first-order valence-corrected chi connectivity index (χ1v) is 6.97. The van der Waals surface area contributed by atoms with Crippen molar-refractivity contribution in [3.63, 3.8) is 0 Å². The van der Waals surface area contributed by atoms with Crippen molar-refractivity contribution in [2.45, 2.75) is 38.9 Å². The molecule has 1 aliphatic rings. The molecule has 1 aromatic rings. The summed E-state index contributed by atoms with van der Waals surface area (Å²) in [5, 5.41) is 2.83. The van der Waals surface area contributed by atoms with E-state index in [1.165, 1.54) is 6.07 Å². The normalized spacial score (nSPS) is 25.9. The molecule has 1 amide bonds. The van der Waals surface area contributed by atoms with Crippen molar-refractivity contribution in [1.29, 1.82) is 0 Å². The topological polar surface area (TPSA) is 55.1 Å². The molecular weight excluding hydrogens is 281 g/mol. The molecular formula is C15H19F3N2O. The maximum absolute atomic E-state index is 12.8. The molecule has 0 radical (unpaired) electrons. The van der Waals surface area contributed by atoms with Gasteiger partial charge in [-0.25, -0.2) is 0 Å². The summed E-state index contributed by atoms with van der Waals surface area (Å²) in [7, 11) is 0. The van der Waals surface area contributed by atoms with Crippen LogP contribution in [0.2, 0.25) is 0 Å². The number of nitrogens with two attached hydrogens (primary N) is 1. The minimum absolute atomic E-state index is 0.0109. The summed E-state index contributed by atoms with van der Waals surface area (Å²) >= 11 is 0. The highest BCUT2D eigenvalue weighted by molar-refractivity contribution is 5.95. The molecule has 0 saturated heterocycles. The number of rotatable bonds is 2. The van der Waals surface area contributed by atoms with E-state index in [1.54, 1.807) is 0 Å². The molecule has 3 atom stereocenters. The zero-order valence-corrected chi connectivity index (χ0v) is 12.0. The van der Waals surface area contributed by atoms with E-state index in [1.807, 2.05) is 6.92 Å². The fourth-order valence-corrected chi connectivity index (χ4v) is 2.76. The lowest BCUT2D eigenvalue weighted by Gasteiger charge is -2.20. The molecule has 0 spiro atoms. The fraction of sp³-hybridized carbons (Fsp3) is 0.533. The zero-order valence-electron chi connectivity index (χ0n) is 12.0. The van der Waals surface area contributed by atoms with Crippen LogP contribution in [0.1, 0.15) is 42.6 Å². The predicted molar refractivity (Wildman–Crippen MR) is 74.7 cm³/mol. The Bertz CT molecular complexity index is 542. The Kier molecular flexibility index (Phi) is 4.16. The second kappa shape index (κ2) is 5.58. The molecule has 0 bridgehead atoms. The van der Waals surface area contributed by atoms with Gasteiger partial charge in [-0.3, -0.25) is 4.79 Å². The maximum atomic E-state index is 12.8. The summed E-state index contributed by atoms with van der Waals surface area (Å²) in [5.41, 5.74) is 3.97. The van der Waals surface area contributed by atoms with Gasteiger partial charge in [0.25, 0.3) is 5.91 Å². The fourth-order valence-electron chi connectivity index (χ4n) is 2.76. The first kappa shape index (κ1) is 15.7. The highest BCUT2D eigenvalue weighted by atomic mass is 19.4. The second-order valence-electron chi connectivity index (χ2n) is 5.79. The number of hydrogen-bond donors (Lipinski definition) is 2. The van der Waals surface area contributed by atoms with Gasteiger partial charge in [0.15, 0.2) is 0 Å². The van der Waals surface area contributed by atoms with Crippen molar-refractivity contribution >= 4 is 11.6 Å². The van der Waals surface area contributed by atoms with Crippen LogP contribution in [0.4, 0.5) is 18.9 Å². The predicted octanol–water partition coefficient (Wildman–Crippen LogP) is 3.45. The number of anilines is 1. The minimum atomic E-state index is -4.56. The standard InChI is InChI=1S/C15H19F3N2O/c1-8-3-6-13(9(8)2)20-14(21)10-4-5-12(19)11(7-10)15(16,17)18/h4-5,7-9,13H,3,6,19H2,1-2H3,(H,20,21). The molecule has 1 aliphatic carbocycles. The Balaban J connectivity index is 2.17. The lowest BCUT2D eigenvalue weighted by Crippen LogP contribution is -2.37. The van der Waals surface area contributed by atoms with Crippen LogP contribution < -0.4 is 11.1 Å². The summed E-state index contributed by atoms with van der Waals surface area (Å²) < 4.78 is 38.4. The average molecular weight is 300 g/mol. The number of nitrogens with one attached hydrogen (secondary N) is 1. The average Bonchev–Trinajstić information content (AvgIpc) is 2.70. The van der Waals surface area contributed by atoms with Crippen molar-refractivity contribution in [3.05, 3.63) is 29.3 Å². The molecule has 21 heavy (non-hydrogen) atoms. The molecule has 3 nitrogen and oxygen atoms in total. The van der Waals surface area contributed by atoms with E-state index < -0.39 is 17.6 Å². The van der Waals surface area contributed by atoms with E-state index in [0.29, 0.717) is 11.8 Å². The quantitative estimate of drug-likeness (QED) is 0.822. The van der Waals surface area contributed by atoms with Gasteiger partial charge >= 0.3 is 6.18 Å². The number of amides is 1. The Morgan fingerprint density at radius 1 is 1.29 bits per heavy atom. The Labute approximate surface area is 121 Å². The number of carbonyl (C=O) groups excluding carboxylic acids is 1. The first-order chi connectivity index (χ1) is 9.70. The molecule has 1 fully saturated rings. The van der Waals surface area contributed by atoms with Crippen molar-refractivity contribution in [1.82, 2.24) is 5.32 Å². The molecule has 1 aromatic carbocycles. The van der Waals surface area contributed by atoms with E-state index in [2.05, 4.69) is 12.2 Å². The van der Waals surface area contributed by atoms with Gasteiger partial charge in [0, 0.05) is 17.3 Å². The third kappa shape index (κ3) is 3.31. The Hall–Kier alpha value is -1.72. The summed E-state index contributed by atoms with van der Waals surface area (Å²) in [6.07, 6.45) is -2.69. The van der Waals surface area contributed by atoms with Gasteiger partial charge in [-0.1, -0.05) is 13.8 Å². The summed E-state index contributed by atoms with van der Waals surface area (Å²) in [5.74, 6) is 0.351. The Morgan fingerprint density at radius 3 is 2.48 bits per heavy atom. The monoisotopic (exact) mass is 300 g/mol. The van der Waals surface area contributed by atoms with Crippen LogP contribution in [0.5, 0.6) is 0 Å². The van der Waals surface area contributed by atoms with Gasteiger partial charge in [-0.2, -0.15) is 13.2 Å². The van der Waals surface area contributed by atoms with Gasteiger partial charge in [-0.15, -0.1) is 0 Å². The maximum Gasteiger partial charge on any atom is 0.418 e.